The van der Waals surface area contributed by atoms with Gasteiger partial charge in [0, 0.05) is 16.6 Å². The van der Waals surface area contributed by atoms with Crippen molar-refractivity contribution in [1.82, 2.24) is 0 Å². The van der Waals surface area contributed by atoms with Gasteiger partial charge in [0.05, 0.1) is 11.1 Å². The second-order valence-corrected chi connectivity index (χ2v) is 6.97. The SMILES string of the molecule is Nc1ccc(N2C(=O)CC3(CCCCCC3)C2=O)cc1Br. The highest BCUT2D eigenvalue weighted by atomic mass is 79.9. The van der Waals surface area contributed by atoms with E-state index in [1.54, 1.807) is 18.2 Å². The van der Waals surface area contributed by atoms with Gasteiger partial charge in [0.25, 0.3) is 0 Å². The fourth-order valence-corrected chi connectivity index (χ4v) is 3.87. The van der Waals surface area contributed by atoms with E-state index < -0.39 is 5.41 Å². The summed E-state index contributed by atoms with van der Waals surface area (Å²) in [5.41, 5.74) is 6.54. The maximum atomic E-state index is 12.9. The van der Waals surface area contributed by atoms with Gasteiger partial charge in [-0.25, -0.2) is 0 Å². The molecule has 0 atom stereocenters. The number of nitrogen functional groups attached to an aromatic ring is 1. The molecular weight excluding hydrogens is 332 g/mol. The first-order valence-corrected chi connectivity index (χ1v) is 8.25. The van der Waals surface area contributed by atoms with Gasteiger partial charge in [-0.2, -0.15) is 0 Å². The number of anilines is 2. The number of benzene rings is 1. The van der Waals surface area contributed by atoms with Crippen LogP contribution in [0.4, 0.5) is 11.4 Å². The number of halogens is 1. The highest BCUT2D eigenvalue weighted by molar-refractivity contribution is 9.10. The maximum Gasteiger partial charge on any atom is 0.240 e. The van der Waals surface area contributed by atoms with E-state index in [1.807, 2.05) is 0 Å². The summed E-state index contributed by atoms with van der Waals surface area (Å²) in [7, 11) is 0. The zero-order chi connectivity index (χ0) is 15.0. The van der Waals surface area contributed by atoms with E-state index in [1.165, 1.54) is 4.90 Å². The Balaban J connectivity index is 1.94. The summed E-state index contributed by atoms with van der Waals surface area (Å²) in [5, 5.41) is 0. The Labute approximate surface area is 132 Å². The lowest BCUT2D eigenvalue weighted by molar-refractivity contribution is -0.126. The van der Waals surface area contributed by atoms with Gasteiger partial charge < -0.3 is 5.73 Å². The molecule has 0 unspecified atom stereocenters. The van der Waals surface area contributed by atoms with E-state index in [0.29, 0.717) is 22.3 Å². The van der Waals surface area contributed by atoms with Gasteiger partial charge in [-0.1, -0.05) is 25.7 Å². The summed E-state index contributed by atoms with van der Waals surface area (Å²) in [4.78, 5) is 26.7. The zero-order valence-electron chi connectivity index (χ0n) is 11.9. The lowest BCUT2D eigenvalue weighted by atomic mass is 9.79. The third-order valence-corrected chi connectivity index (χ3v) is 5.39. The second kappa shape index (κ2) is 5.44. The standard InChI is InChI=1S/C16H19BrN2O2/c17-12-9-11(5-6-13(12)18)19-14(20)10-16(15(19)21)7-3-1-2-4-8-16/h5-6,9H,1-4,7-8,10,18H2. The predicted molar refractivity (Wildman–Crippen MR) is 85.8 cm³/mol. The first-order valence-electron chi connectivity index (χ1n) is 7.46. The van der Waals surface area contributed by atoms with Crippen LogP contribution in [0.1, 0.15) is 44.9 Å². The van der Waals surface area contributed by atoms with Crippen molar-refractivity contribution in [3.63, 3.8) is 0 Å². The van der Waals surface area contributed by atoms with Crippen LogP contribution in [0.5, 0.6) is 0 Å². The van der Waals surface area contributed by atoms with Crippen LogP contribution < -0.4 is 10.6 Å². The first kappa shape index (κ1) is 14.6. The maximum absolute atomic E-state index is 12.9. The number of hydrogen-bond donors (Lipinski definition) is 1. The number of rotatable bonds is 1. The van der Waals surface area contributed by atoms with E-state index in [2.05, 4.69) is 15.9 Å². The van der Waals surface area contributed by atoms with Crippen LogP contribution in [0.3, 0.4) is 0 Å². The van der Waals surface area contributed by atoms with Crippen LogP contribution in [-0.2, 0) is 9.59 Å². The molecule has 1 spiro atoms. The Kier molecular flexibility index (Phi) is 3.78. The third kappa shape index (κ3) is 2.48. The van der Waals surface area contributed by atoms with Crippen LogP contribution in [-0.4, -0.2) is 11.8 Å². The zero-order valence-corrected chi connectivity index (χ0v) is 13.5. The number of nitrogens with zero attached hydrogens (tertiary/aromatic N) is 1. The predicted octanol–water partition coefficient (Wildman–Crippen LogP) is 3.64. The fraction of sp³-hybridized carbons (Fsp3) is 0.500. The van der Waals surface area contributed by atoms with Crippen LogP contribution in [0.15, 0.2) is 22.7 Å². The Morgan fingerprint density at radius 2 is 1.76 bits per heavy atom. The summed E-state index contributed by atoms with van der Waals surface area (Å²) in [6.07, 6.45) is 6.44. The van der Waals surface area contributed by atoms with Crippen molar-refractivity contribution in [2.24, 2.45) is 5.41 Å². The Morgan fingerprint density at radius 1 is 1.10 bits per heavy atom. The summed E-state index contributed by atoms with van der Waals surface area (Å²) in [6.45, 7) is 0. The Morgan fingerprint density at radius 3 is 2.38 bits per heavy atom. The largest absolute Gasteiger partial charge is 0.398 e. The molecular formula is C16H19BrN2O2. The van der Waals surface area contributed by atoms with E-state index in [0.717, 1.165) is 38.5 Å². The molecule has 0 bridgehead atoms. The normalized spacial score (nSPS) is 21.9. The molecule has 2 N–H and O–H groups in total. The molecule has 1 aliphatic heterocycles. The molecule has 1 aromatic carbocycles. The highest BCUT2D eigenvalue weighted by Gasteiger charge is 2.51. The van der Waals surface area contributed by atoms with E-state index in [9.17, 15) is 9.59 Å². The molecule has 3 rings (SSSR count). The Hall–Kier alpha value is -1.36. The van der Waals surface area contributed by atoms with Crippen molar-refractivity contribution < 1.29 is 9.59 Å². The van der Waals surface area contributed by atoms with Crippen molar-refractivity contribution >= 4 is 39.1 Å². The van der Waals surface area contributed by atoms with E-state index >= 15 is 0 Å². The van der Waals surface area contributed by atoms with Gasteiger partial charge in [-0.15, -0.1) is 0 Å². The first-order chi connectivity index (χ1) is 10.0. The molecule has 2 fully saturated rings. The summed E-state index contributed by atoms with van der Waals surface area (Å²) in [6, 6.07) is 5.21. The third-order valence-electron chi connectivity index (χ3n) is 4.70. The molecule has 0 aromatic heterocycles. The molecule has 4 nitrogen and oxygen atoms in total. The molecule has 112 valence electrons. The average Bonchev–Trinajstić information content (AvgIpc) is 2.61. The van der Waals surface area contributed by atoms with Crippen LogP contribution in [0.25, 0.3) is 0 Å². The number of amides is 2. The smallest absolute Gasteiger partial charge is 0.240 e. The fourth-order valence-electron chi connectivity index (χ4n) is 3.51. The van der Waals surface area contributed by atoms with Gasteiger partial charge >= 0.3 is 0 Å². The molecule has 21 heavy (non-hydrogen) atoms. The lowest BCUT2D eigenvalue weighted by Crippen LogP contribution is -2.35. The van der Waals surface area contributed by atoms with Gasteiger partial charge in [0.2, 0.25) is 11.8 Å². The second-order valence-electron chi connectivity index (χ2n) is 6.11. The minimum atomic E-state index is -0.457. The van der Waals surface area contributed by atoms with Gasteiger partial charge in [0.1, 0.15) is 0 Å². The Bertz CT molecular complexity index is 592. The molecule has 1 saturated heterocycles. The van der Waals surface area contributed by atoms with E-state index in [4.69, 9.17) is 5.73 Å². The summed E-state index contributed by atoms with van der Waals surface area (Å²) < 4.78 is 0.711. The van der Waals surface area contributed by atoms with Gasteiger partial charge in [0.15, 0.2) is 0 Å². The molecule has 1 aliphatic carbocycles. The van der Waals surface area contributed by atoms with Gasteiger partial charge in [-0.05, 0) is 47.0 Å². The number of hydrogen-bond acceptors (Lipinski definition) is 3. The number of nitrogens with two attached hydrogens (primary N) is 1. The van der Waals surface area contributed by atoms with Crippen molar-refractivity contribution in [2.45, 2.75) is 44.9 Å². The van der Waals surface area contributed by atoms with Crippen LogP contribution >= 0.6 is 15.9 Å². The quantitative estimate of drug-likeness (QED) is 0.621. The molecule has 2 aliphatic rings. The topological polar surface area (TPSA) is 63.4 Å². The number of carbonyl (C=O) groups is 2. The molecule has 1 aromatic rings. The average molecular weight is 351 g/mol. The minimum Gasteiger partial charge on any atom is -0.398 e. The molecule has 2 amide bonds. The lowest BCUT2D eigenvalue weighted by Gasteiger charge is -2.25. The van der Waals surface area contributed by atoms with Gasteiger partial charge in [-0.3, -0.25) is 14.5 Å². The molecule has 1 saturated carbocycles. The van der Waals surface area contributed by atoms with Crippen molar-refractivity contribution in [3.05, 3.63) is 22.7 Å². The molecule has 1 heterocycles. The molecule has 5 heteroatoms. The van der Waals surface area contributed by atoms with Crippen LogP contribution in [0, 0.1) is 5.41 Å². The van der Waals surface area contributed by atoms with Crippen molar-refractivity contribution in [2.75, 3.05) is 10.6 Å². The van der Waals surface area contributed by atoms with Crippen molar-refractivity contribution in [1.29, 1.82) is 0 Å². The summed E-state index contributed by atoms with van der Waals surface area (Å²) >= 11 is 3.36. The minimum absolute atomic E-state index is 0.0222. The monoisotopic (exact) mass is 350 g/mol. The molecule has 0 radical (unpaired) electrons. The van der Waals surface area contributed by atoms with Crippen LogP contribution in [0.2, 0.25) is 0 Å². The number of carbonyl (C=O) groups excluding carboxylic acids is 2. The van der Waals surface area contributed by atoms with E-state index in [-0.39, 0.29) is 11.8 Å². The summed E-state index contributed by atoms with van der Waals surface area (Å²) in [5.74, 6) is -0.107. The number of imide groups is 1. The van der Waals surface area contributed by atoms with Crippen molar-refractivity contribution in [3.8, 4) is 0 Å². The highest BCUT2D eigenvalue weighted by Crippen LogP contribution is 2.46.